The third kappa shape index (κ3) is 2.29. The molecule has 0 bridgehead atoms. The van der Waals surface area contributed by atoms with Gasteiger partial charge in [0.25, 0.3) is 0 Å². The molecule has 4 heteroatoms. The van der Waals surface area contributed by atoms with E-state index in [-0.39, 0.29) is 0 Å². The first kappa shape index (κ1) is 9.15. The molecule has 2 heterocycles. The highest BCUT2D eigenvalue weighted by Gasteiger charge is 1.98. The maximum absolute atomic E-state index is 5.44. The summed E-state index contributed by atoms with van der Waals surface area (Å²) >= 11 is 1.73. The second-order valence-corrected chi connectivity index (χ2v) is 4.22. The number of rotatable bonds is 3. The summed E-state index contributed by atoms with van der Waals surface area (Å²) in [5.41, 5.74) is 0. The van der Waals surface area contributed by atoms with Crippen LogP contribution in [-0.4, -0.2) is 9.97 Å². The molecule has 0 saturated carbocycles. The highest BCUT2D eigenvalue weighted by atomic mass is 32.1. The molecule has 3 nitrogen and oxygen atoms in total. The van der Waals surface area contributed by atoms with E-state index in [4.69, 9.17) is 4.74 Å². The summed E-state index contributed by atoms with van der Waals surface area (Å²) in [5, 5.41) is 0. The number of aryl methyl sites for hydroxylation is 1. The molecule has 72 valence electrons. The monoisotopic (exact) mass is 206 g/mol. The van der Waals surface area contributed by atoms with Gasteiger partial charge in [-0.3, -0.25) is 4.98 Å². The molecule has 0 N–H and O–H groups in total. The second kappa shape index (κ2) is 4.19. The quantitative estimate of drug-likeness (QED) is 0.773. The normalized spacial score (nSPS) is 10.1. The fraction of sp³-hybridized carbons (Fsp3) is 0.200. The van der Waals surface area contributed by atoms with Crippen molar-refractivity contribution in [3.05, 3.63) is 40.5 Å². The van der Waals surface area contributed by atoms with Crippen LogP contribution in [0.15, 0.2) is 30.7 Å². The van der Waals surface area contributed by atoms with Crippen LogP contribution in [0, 0.1) is 6.92 Å². The van der Waals surface area contributed by atoms with Crippen molar-refractivity contribution in [2.75, 3.05) is 0 Å². The molecule has 14 heavy (non-hydrogen) atoms. The fourth-order valence-corrected chi connectivity index (χ4v) is 1.87. The number of hydrogen-bond donors (Lipinski definition) is 0. The van der Waals surface area contributed by atoms with Crippen molar-refractivity contribution in [1.29, 1.82) is 0 Å². The van der Waals surface area contributed by atoms with Gasteiger partial charge in [0, 0.05) is 22.1 Å². The third-order valence-corrected chi connectivity index (χ3v) is 2.67. The Bertz CT molecular complexity index is 400. The molecular formula is C10H10N2OS. The van der Waals surface area contributed by atoms with Crippen molar-refractivity contribution in [2.24, 2.45) is 0 Å². The van der Waals surface area contributed by atoms with E-state index in [0.29, 0.717) is 12.5 Å². The van der Waals surface area contributed by atoms with Gasteiger partial charge in [-0.05, 0) is 19.1 Å². The lowest BCUT2D eigenvalue weighted by Crippen LogP contribution is -1.94. The number of ether oxygens (including phenoxy) is 1. The van der Waals surface area contributed by atoms with E-state index in [9.17, 15) is 0 Å². The summed E-state index contributed by atoms with van der Waals surface area (Å²) in [6.45, 7) is 2.65. The molecule has 0 saturated heterocycles. The number of thiophene rings is 1. The van der Waals surface area contributed by atoms with Gasteiger partial charge in [-0.25, -0.2) is 4.98 Å². The number of nitrogens with zero attached hydrogens (tertiary/aromatic N) is 2. The first-order chi connectivity index (χ1) is 6.84. The van der Waals surface area contributed by atoms with E-state index in [0.717, 1.165) is 0 Å². The van der Waals surface area contributed by atoms with E-state index in [1.165, 1.54) is 9.75 Å². The van der Waals surface area contributed by atoms with Crippen LogP contribution in [-0.2, 0) is 6.61 Å². The Kier molecular flexibility index (Phi) is 2.74. The minimum atomic E-state index is 0.567. The molecule has 0 fully saturated rings. The molecule has 0 spiro atoms. The Balaban J connectivity index is 1.95. The van der Waals surface area contributed by atoms with Gasteiger partial charge in [-0.1, -0.05) is 0 Å². The van der Waals surface area contributed by atoms with Crippen LogP contribution in [0.2, 0.25) is 0 Å². The van der Waals surface area contributed by atoms with Crippen molar-refractivity contribution >= 4 is 11.3 Å². The Morgan fingerprint density at radius 2 is 2.29 bits per heavy atom. The van der Waals surface area contributed by atoms with Gasteiger partial charge in [0.2, 0.25) is 5.88 Å². The number of hydrogen-bond acceptors (Lipinski definition) is 4. The van der Waals surface area contributed by atoms with Crippen LogP contribution < -0.4 is 4.74 Å². The van der Waals surface area contributed by atoms with Gasteiger partial charge in [0.1, 0.15) is 6.61 Å². The summed E-state index contributed by atoms with van der Waals surface area (Å²) < 4.78 is 5.44. The van der Waals surface area contributed by atoms with E-state index in [1.807, 2.05) is 0 Å². The minimum Gasteiger partial charge on any atom is -0.471 e. The first-order valence-electron chi connectivity index (χ1n) is 4.29. The second-order valence-electron chi connectivity index (χ2n) is 2.84. The van der Waals surface area contributed by atoms with Crippen LogP contribution in [0.3, 0.4) is 0 Å². The Morgan fingerprint density at radius 1 is 1.36 bits per heavy atom. The van der Waals surface area contributed by atoms with Crippen LogP contribution in [0.4, 0.5) is 0 Å². The lowest BCUT2D eigenvalue weighted by molar-refractivity contribution is 0.296. The largest absolute Gasteiger partial charge is 0.471 e. The number of aromatic nitrogens is 2. The zero-order valence-corrected chi connectivity index (χ0v) is 8.62. The molecule has 0 aliphatic heterocycles. The highest BCUT2D eigenvalue weighted by Crippen LogP contribution is 2.16. The van der Waals surface area contributed by atoms with E-state index >= 15 is 0 Å². The van der Waals surface area contributed by atoms with E-state index in [1.54, 1.807) is 29.9 Å². The molecule has 0 aliphatic carbocycles. The van der Waals surface area contributed by atoms with Gasteiger partial charge in [-0.2, -0.15) is 0 Å². The molecule has 2 rings (SSSR count). The minimum absolute atomic E-state index is 0.567. The van der Waals surface area contributed by atoms with Gasteiger partial charge in [0.05, 0.1) is 6.20 Å². The first-order valence-corrected chi connectivity index (χ1v) is 5.10. The predicted octanol–water partition coefficient (Wildman–Crippen LogP) is 2.43. The summed E-state index contributed by atoms with van der Waals surface area (Å²) in [7, 11) is 0. The topological polar surface area (TPSA) is 35.0 Å². The van der Waals surface area contributed by atoms with E-state index < -0.39 is 0 Å². The summed E-state index contributed by atoms with van der Waals surface area (Å²) in [6.07, 6.45) is 4.86. The Hall–Kier alpha value is -1.42. The predicted molar refractivity (Wildman–Crippen MR) is 55.4 cm³/mol. The van der Waals surface area contributed by atoms with Gasteiger partial charge in [0.15, 0.2) is 0 Å². The maximum atomic E-state index is 5.44. The smallest absolute Gasteiger partial charge is 0.232 e. The zero-order valence-electron chi connectivity index (χ0n) is 7.80. The maximum Gasteiger partial charge on any atom is 0.232 e. The van der Waals surface area contributed by atoms with Gasteiger partial charge in [-0.15, -0.1) is 11.3 Å². The SMILES string of the molecule is Cc1ccc(COc2cnccn2)s1. The summed E-state index contributed by atoms with van der Waals surface area (Å²) in [6, 6.07) is 4.15. The zero-order chi connectivity index (χ0) is 9.80. The van der Waals surface area contributed by atoms with Crippen LogP contribution in [0.1, 0.15) is 9.75 Å². The van der Waals surface area contributed by atoms with Crippen molar-refractivity contribution in [3.63, 3.8) is 0 Å². The standard InChI is InChI=1S/C10H10N2OS/c1-8-2-3-9(14-8)7-13-10-6-11-4-5-12-10/h2-6H,7H2,1H3. The van der Waals surface area contributed by atoms with Crippen LogP contribution in [0.5, 0.6) is 5.88 Å². The molecule has 0 amide bonds. The van der Waals surface area contributed by atoms with Crippen LogP contribution in [0.25, 0.3) is 0 Å². The molecule has 2 aromatic heterocycles. The molecule has 0 radical (unpaired) electrons. The lowest BCUT2D eigenvalue weighted by Gasteiger charge is -2.01. The molecule has 2 aromatic rings. The van der Waals surface area contributed by atoms with Crippen molar-refractivity contribution in [2.45, 2.75) is 13.5 Å². The fourth-order valence-electron chi connectivity index (χ4n) is 1.07. The summed E-state index contributed by atoms with van der Waals surface area (Å²) in [4.78, 5) is 10.4. The Labute approximate surface area is 86.4 Å². The average molecular weight is 206 g/mol. The van der Waals surface area contributed by atoms with Gasteiger partial charge < -0.3 is 4.74 Å². The van der Waals surface area contributed by atoms with Gasteiger partial charge >= 0.3 is 0 Å². The molecule has 0 aromatic carbocycles. The highest BCUT2D eigenvalue weighted by molar-refractivity contribution is 7.11. The summed E-state index contributed by atoms with van der Waals surface area (Å²) in [5.74, 6) is 0.568. The van der Waals surface area contributed by atoms with Crippen LogP contribution >= 0.6 is 11.3 Å². The molecular weight excluding hydrogens is 196 g/mol. The van der Waals surface area contributed by atoms with Crippen molar-refractivity contribution in [1.82, 2.24) is 9.97 Å². The Morgan fingerprint density at radius 3 is 2.93 bits per heavy atom. The molecule has 0 unspecified atom stereocenters. The van der Waals surface area contributed by atoms with E-state index in [2.05, 4.69) is 29.0 Å². The average Bonchev–Trinajstić information content (AvgIpc) is 2.63. The van der Waals surface area contributed by atoms with Crippen molar-refractivity contribution < 1.29 is 4.74 Å². The van der Waals surface area contributed by atoms with Crippen molar-refractivity contribution in [3.8, 4) is 5.88 Å². The third-order valence-electron chi connectivity index (χ3n) is 1.70. The molecule has 0 aliphatic rings. The lowest BCUT2D eigenvalue weighted by atomic mass is 10.4. The molecule has 0 atom stereocenters.